The van der Waals surface area contributed by atoms with Crippen LogP contribution < -0.4 is 0 Å². The van der Waals surface area contributed by atoms with Gasteiger partial charge >= 0.3 is 0 Å². The maximum absolute atomic E-state index is 5.06. The molecule has 0 saturated carbocycles. The fourth-order valence-corrected chi connectivity index (χ4v) is 9.81. The maximum atomic E-state index is 5.06. The van der Waals surface area contributed by atoms with Gasteiger partial charge in [-0.05, 0) is 60.4 Å². The highest BCUT2D eigenvalue weighted by Gasteiger charge is 2.19. The molecule has 6 heteroatoms. The quantitative estimate of drug-likeness (QED) is 0.162. The molecule has 0 N–H and O–H groups in total. The molecule has 0 aliphatic heterocycles. The molecule has 0 amide bonds. The molecule has 0 aliphatic carbocycles. The first-order valence-electron chi connectivity index (χ1n) is 17.2. The van der Waals surface area contributed by atoms with E-state index in [2.05, 4.69) is 103 Å². The molecule has 4 aromatic heterocycles. The number of allylic oxidation sites excluding steroid dienone is 2. The van der Waals surface area contributed by atoms with Gasteiger partial charge in [0.2, 0.25) is 0 Å². The van der Waals surface area contributed by atoms with E-state index in [-0.39, 0.29) is 0 Å². The fraction of sp³-hybridized carbons (Fsp3) is 0.0217. The molecule has 4 nitrogen and oxygen atoms in total. The van der Waals surface area contributed by atoms with E-state index >= 15 is 0 Å². The van der Waals surface area contributed by atoms with Crippen LogP contribution in [0.25, 0.3) is 98.0 Å². The second kappa shape index (κ2) is 12.2. The molecule has 10 aromatic rings. The summed E-state index contributed by atoms with van der Waals surface area (Å²) in [6.07, 6.45) is 4.27. The van der Waals surface area contributed by atoms with Crippen LogP contribution in [0.15, 0.2) is 152 Å². The van der Waals surface area contributed by atoms with Crippen LogP contribution in [0.2, 0.25) is 0 Å². The summed E-state index contributed by atoms with van der Waals surface area (Å²) in [7, 11) is 0. The molecular formula is C46H30N4S2. The molecule has 0 aliphatic rings. The molecule has 0 saturated heterocycles. The predicted molar refractivity (Wildman–Crippen MR) is 223 cm³/mol. The van der Waals surface area contributed by atoms with Gasteiger partial charge in [-0.25, -0.2) is 15.0 Å². The van der Waals surface area contributed by atoms with E-state index < -0.39 is 0 Å². The number of rotatable bonds is 6. The summed E-state index contributed by atoms with van der Waals surface area (Å²) in [4.78, 5) is 16.3. The first-order chi connectivity index (χ1) is 25.6. The van der Waals surface area contributed by atoms with Crippen molar-refractivity contribution in [1.29, 1.82) is 0 Å². The monoisotopic (exact) mass is 702 g/mol. The Balaban J connectivity index is 1.12. The Hall–Kier alpha value is -6.21. The Morgan fingerprint density at radius 1 is 0.558 bits per heavy atom. The van der Waals surface area contributed by atoms with Gasteiger partial charge in [0.05, 0.1) is 11.0 Å². The lowest BCUT2D eigenvalue weighted by atomic mass is 10.1. The van der Waals surface area contributed by atoms with E-state index in [1.165, 1.54) is 62.5 Å². The second-order valence-electron chi connectivity index (χ2n) is 12.9. The average Bonchev–Trinajstić information content (AvgIpc) is 3.85. The zero-order chi connectivity index (χ0) is 34.8. The number of fused-ring (bicyclic) bond motifs is 7. The molecule has 0 fully saturated rings. The lowest BCUT2D eigenvalue weighted by Crippen LogP contribution is -2.00. The Morgan fingerprint density at radius 2 is 1.12 bits per heavy atom. The van der Waals surface area contributed by atoms with Gasteiger partial charge in [-0.3, -0.25) is 0 Å². The third kappa shape index (κ3) is 4.91. The topological polar surface area (TPSA) is 43.6 Å². The number of aromatic nitrogens is 4. The SMILES string of the molecule is C=C/C(=C\c1sc2cc3sc4c(-c5nc(-c6ccccc6)nc(-c6ccccc6)n5)cccc4c3cc2c1C)n1c2ccccc2c2ccccc21. The van der Waals surface area contributed by atoms with Crippen molar-refractivity contribution >= 4 is 86.5 Å². The number of hydrogen-bond acceptors (Lipinski definition) is 5. The van der Waals surface area contributed by atoms with Gasteiger partial charge in [0.25, 0.3) is 0 Å². The molecule has 10 rings (SSSR count). The zero-order valence-electron chi connectivity index (χ0n) is 28.2. The van der Waals surface area contributed by atoms with Crippen molar-refractivity contribution < 1.29 is 0 Å². The molecule has 0 radical (unpaired) electrons. The van der Waals surface area contributed by atoms with E-state index in [1.807, 2.05) is 78.1 Å². The highest BCUT2D eigenvalue weighted by molar-refractivity contribution is 7.27. The Morgan fingerprint density at radius 3 is 1.75 bits per heavy atom. The molecule has 0 unspecified atom stereocenters. The highest BCUT2D eigenvalue weighted by Crippen LogP contribution is 2.44. The Bertz CT molecular complexity index is 2930. The third-order valence-electron chi connectivity index (χ3n) is 9.86. The zero-order valence-corrected chi connectivity index (χ0v) is 29.9. The number of para-hydroxylation sites is 2. The second-order valence-corrected chi connectivity index (χ2v) is 15.0. The molecule has 246 valence electrons. The van der Waals surface area contributed by atoms with E-state index in [1.54, 1.807) is 11.3 Å². The molecule has 4 heterocycles. The lowest BCUT2D eigenvalue weighted by molar-refractivity contribution is 1.08. The number of thiophene rings is 2. The van der Waals surface area contributed by atoms with Crippen molar-refractivity contribution in [3.05, 3.63) is 163 Å². The number of benzene rings is 6. The largest absolute Gasteiger partial charge is 0.309 e. The number of nitrogens with zero attached hydrogens (tertiary/aromatic N) is 4. The molecule has 0 spiro atoms. The van der Waals surface area contributed by atoms with Crippen LogP contribution in [0.4, 0.5) is 0 Å². The molecule has 0 atom stereocenters. The van der Waals surface area contributed by atoms with Gasteiger partial charge in [-0.2, -0.15) is 0 Å². The minimum absolute atomic E-state index is 0.666. The minimum Gasteiger partial charge on any atom is -0.309 e. The molecule has 6 aromatic carbocycles. The highest BCUT2D eigenvalue weighted by atomic mass is 32.1. The van der Waals surface area contributed by atoms with Gasteiger partial charge < -0.3 is 4.57 Å². The van der Waals surface area contributed by atoms with Crippen LogP contribution in [-0.4, -0.2) is 19.5 Å². The first kappa shape index (κ1) is 30.6. The summed E-state index contributed by atoms with van der Waals surface area (Å²) in [6, 6.07) is 48.7. The van der Waals surface area contributed by atoms with Crippen LogP contribution >= 0.6 is 22.7 Å². The van der Waals surface area contributed by atoms with Crippen molar-refractivity contribution in [3.8, 4) is 34.2 Å². The van der Waals surface area contributed by atoms with Gasteiger partial charge in [0.15, 0.2) is 17.5 Å². The van der Waals surface area contributed by atoms with Crippen molar-refractivity contribution in [2.24, 2.45) is 0 Å². The summed E-state index contributed by atoms with van der Waals surface area (Å²) in [5, 5.41) is 6.22. The summed E-state index contributed by atoms with van der Waals surface area (Å²) >= 11 is 3.64. The van der Waals surface area contributed by atoms with Crippen LogP contribution in [0.1, 0.15) is 10.4 Å². The van der Waals surface area contributed by atoms with Gasteiger partial charge in [0.1, 0.15) is 0 Å². The van der Waals surface area contributed by atoms with Crippen molar-refractivity contribution in [2.75, 3.05) is 0 Å². The standard InChI is InChI=1S/C46H30N4S2/c1-3-31(50-38-23-12-10-19-32(38)33-20-11-13-24-39(33)50)25-40-28(2)36-26-37-34-21-14-22-35(43(34)52-42(37)27-41(36)51-40)46-48-44(29-15-6-4-7-16-29)47-45(49-46)30-17-8-5-9-18-30/h3-27H,1H2,2H3/b31-25+. The summed E-state index contributed by atoms with van der Waals surface area (Å²) in [5.41, 5.74) is 7.64. The number of hydrogen-bond donors (Lipinski definition) is 0. The minimum atomic E-state index is 0.666. The van der Waals surface area contributed by atoms with Gasteiger partial charge in [-0.1, -0.05) is 116 Å². The van der Waals surface area contributed by atoms with Crippen molar-refractivity contribution in [1.82, 2.24) is 19.5 Å². The van der Waals surface area contributed by atoms with Crippen molar-refractivity contribution in [3.63, 3.8) is 0 Å². The molecular weight excluding hydrogens is 673 g/mol. The van der Waals surface area contributed by atoms with Crippen LogP contribution in [0.5, 0.6) is 0 Å². The maximum Gasteiger partial charge on any atom is 0.165 e. The normalized spacial score (nSPS) is 12.1. The summed E-state index contributed by atoms with van der Waals surface area (Å²) in [6.45, 7) is 6.50. The van der Waals surface area contributed by atoms with Crippen LogP contribution in [0.3, 0.4) is 0 Å². The lowest BCUT2D eigenvalue weighted by Gasteiger charge is -2.09. The molecule has 52 heavy (non-hydrogen) atoms. The van der Waals surface area contributed by atoms with Crippen molar-refractivity contribution in [2.45, 2.75) is 6.92 Å². The Kier molecular flexibility index (Phi) is 7.20. The first-order valence-corrected chi connectivity index (χ1v) is 18.9. The van der Waals surface area contributed by atoms with Crippen LogP contribution in [-0.2, 0) is 0 Å². The van der Waals surface area contributed by atoms with Gasteiger partial charge in [0, 0.05) is 62.9 Å². The van der Waals surface area contributed by atoms with Gasteiger partial charge in [-0.15, -0.1) is 22.7 Å². The Labute approximate surface area is 308 Å². The van der Waals surface area contributed by atoms with E-state index in [9.17, 15) is 0 Å². The van der Waals surface area contributed by atoms with Crippen LogP contribution in [0, 0.1) is 6.92 Å². The van der Waals surface area contributed by atoms with E-state index in [0.717, 1.165) is 22.4 Å². The smallest absolute Gasteiger partial charge is 0.165 e. The summed E-state index contributed by atoms with van der Waals surface area (Å²) in [5.74, 6) is 2.01. The molecule has 0 bridgehead atoms. The number of aryl methyl sites for hydroxylation is 1. The predicted octanol–water partition coefficient (Wildman–Crippen LogP) is 13.1. The fourth-order valence-electron chi connectivity index (χ4n) is 7.32. The average molecular weight is 703 g/mol. The van der Waals surface area contributed by atoms with E-state index in [4.69, 9.17) is 15.0 Å². The van der Waals surface area contributed by atoms with E-state index in [0.29, 0.717) is 17.5 Å². The summed E-state index contributed by atoms with van der Waals surface area (Å²) < 4.78 is 6.03. The third-order valence-corrected chi connectivity index (χ3v) is 12.3.